The zero-order chi connectivity index (χ0) is 22.2. The Morgan fingerprint density at radius 1 is 1.42 bits per heavy atom. The van der Waals surface area contributed by atoms with E-state index in [-0.39, 0.29) is 19.5 Å². The number of halogens is 4. The van der Waals surface area contributed by atoms with Crippen molar-refractivity contribution in [2.45, 2.75) is 31.7 Å². The number of ether oxygens (including phenoxy) is 1. The summed E-state index contributed by atoms with van der Waals surface area (Å²) in [6.45, 7) is 1.34. The molecule has 2 aromatic rings. The van der Waals surface area contributed by atoms with Gasteiger partial charge in [-0.05, 0) is 40.9 Å². The molecular formula is C21H26BrClF2N5O+. The van der Waals surface area contributed by atoms with Gasteiger partial charge in [-0.15, -0.1) is 0 Å². The molecule has 1 saturated carbocycles. The van der Waals surface area contributed by atoms with Crippen molar-refractivity contribution in [3.05, 3.63) is 39.5 Å². The Labute approximate surface area is 193 Å². The summed E-state index contributed by atoms with van der Waals surface area (Å²) in [5.74, 6) is 5.08. The number of hydrogen-bond acceptors (Lipinski definition) is 5. The van der Waals surface area contributed by atoms with E-state index in [2.05, 4.69) is 26.2 Å². The minimum absolute atomic E-state index is 0.145. The molecule has 10 heteroatoms. The third-order valence-corrected chi connectivity index (χ3v) is 6.55. The lowest BCUT2D eigenvalue weighted by Crippen LogP contribution is -2.79. The highest BCUT2D eigenvalue weighted by Gasteiger charge is 2.38. The highest BCUT2D eigenvalue weighted by molar-refractivity contribution is 9.10. The van der Waals surface area contributed by atoms with Crippen molar-refractivity contribution in [1.29, 1.82) is 0 Å². The van der Waals surface area contributed by atoms with Crippen LogP contribution in [0.4, 0.5) is 20.2 Å². The SMILES string of the molecule is CN(N)c1c([NH2+]CC2CC2)ccc(Oc2ncc(Cl)cc2CN2CCC(F)(F)C2)c1Br. The van der Waals surface area contributed by atoms with Crippen LogP contribution in [-0.4, -0.2) is 42.5 Å². The van der Waals surface area contributed by atoms with Gasteiger partial charge in [0.05, 0.1) is 22.6 Å². The maximum absolute atomic E-state index is 13.6. The van der Waals surface area contributed by atoms with E-state index in [9.17, 15) is 8.78 Å². The van der Waals surface area contributed by atoms with E-state index in [0.29, 0.717) is 33.2 Å². The normalized spacial score (nSPS) is 18.4. The molecule has 4 N–H and O–H groups in total. The second kappa shape index (κ2) is 9.15. The predicted octanol–water partition coefficient (Wildman–Crippen LogP) is 4.05. The smallest absolute Gasteiger partial charge is 0.261 e. The molecule has 0 bridgehead atoms. The largest absolute Gasteiger partial charge is 0.437 e. The second-order valence-electron chi connectivity index (χ2n) is 8.35. The van der Waals surface area contributed by atoms with Crippen LogP contribution in [0, 0.1) is 5.92 Å². The molecule has 6 nitrogen and oxygen atoms in total. The van der Waals surface area contributed by atoms with Crippen molar-refractivity contribution in [3.63, 3.8) is 0 Å². The first-order chi connectivity index (χ1) is 14.7. The quantitative estimate of drug-likeness (QED) is 0.314. The molecule has 0 atom stereocenters. The predicted molar refractivity (Wildman–Crippen MR) is 120 cm³/mol. The van der Waals surface area contributed by atoms with Gasteiger partial charge in [0.25, 0.3) is 5.92 Å². The number of nitrogens with two attached hydrogens (primary N) is 2. The molecule has 1 aliphatic carbocycles. The second-order valence-corrected chi connectivity index (χ2v) is 9.58. The lowest BCUT2D eigenvalue weighted by molar-refractivity contribution is -0.574. The minimum Gasteiger partial charge on any atom is -0.437 e. The van der Waals surface area contributed by atoms with Crippen molar-refractivity contribution in [1.82, 2.24) is 9.88 Å². The third-order valence-electron chi connectivity index (χ3n) is 5.57. The van der Waals surface area contributed by atoms with Gasteiger partial charge in [-0.1, -0.05) is 11.6 Å². The van der Waals surface area contributed by atoms with Crippen LogP contribution in [-0.2, 0) is 6.54 Å². The van der Waals surface area contributed by atoms with Gasteiger partial charge in [0, 0.05) is 50.3 Å². The average Bonchev–Trinajstić information content (AvgIpc) is 3.46. The molecule has 2 aliphatic rings. The molecule has 1 saturated heterocycles. The fraction of sp³-hybridized carbons (Fsp3) is 0.476. The molecule has 2 fully saturated rings. The first-order valence-corrected chi connectivity index (χ1v) is 11.5. The van der Waals surface area contributed by atoms with Crippen LogP contribution in [0.15, 0.2) is 28.9 Å². The topological polar surface area (TPSA) is 71.2 Å². The van der Waals surface area contributed by atoms with Crippen molar-refractivity contribution in [3.8, 4) is 11.6 Å². The summed E-state index contributed by atoms with van der Waals surface area (Å²) < 4.78 is 34.0. The van der Waals surface area contributed by atoms with E-state index >= 15 is 0 Å². The molecule has 0 amide bonds. The Balaban J connectivity index is 1.57. The molecule has 0 radical (unpaired) electrons. The van der Waals surface area contributed by atoms with E-state index in [1.807, 2.05) is 12.1 Å². The van der Waals surface area contributed by atoms with Crippen molar-refractivity contribution in [2.75, 3.05) is 31.7 Å². The summed E-state index contributed by atoms with van der Waals surface area (Å²) >= 11 is 9.75. The first kappa shape index (κ1) is 22.7. The van der Waals surface area contributed by atoms with Crippen molar-refractivity contribution in [2.24, 2.45) is 11.8 Å². The number of anilines is 1. The van der Waals surface area contributed by atoms with Crippen LogP contribution in [0.3, 0.4) is 0 Å². The number of benzene rings is 1. The minimum atomic E-state index is -2.66. The lowest BCUT2D eigenvalue weighted by atomic mass is 10.2. The Hall–Kier alpha value is -1.52. The molecule has 1 aromatic heterocycles. The number of hydrazine groups is 1. The summed E-state index contributed by atoms with van der Waals surface area (Å²) in [6, 6.07) is 5.54. The van der Waals surface area contributed by atoms with Crippen LogP contribution < -0.4 is 20.9 Å². The number of aromatic nitrogens is 1. The zero-order valence-corrected chi connectivity index (χ0v) is 19.6. The molecule has 31 heavy (non-hydrogen) atoms. The monoisotopic (exact) mass is 516 g/mol. The lowest BCUT2D eigenvalue weighted by Gasteiger charge is -2.21. The van der Waals surface area contributed by atoms with Gasteiger partial charge in [-0.2, -0.15) is 0 Å². The summed E-state index contributed by atoms with van der Waals surface area (Å²) in [5, 5.41) is 4.18. The molecule has 168 valence electrons. The molecule has 0 spiro atoms. The summed E-state index contributed by atoms with van der Waals surface area (Å²) in [4.78, 5) is 6.00. The van der Waals surface area contributed by atoms with Crippen LogP contribution in [0.2, 0.25) is 5.02 Å². The number of pyridine rings is 1. The maximum Gasteiger partial charge on any atom is 0.261 e. The van der Waals surface area contributed by atoms with Gasteiger partial charge in [-0.3, -0.25) is 4.90 Å². The molecule has 0 unspecified atom stereocenters. The number of quaternary nitrogens is 1. The Morgan fingerprint density at radius 2 is 2.19 bits per heavy atom. The highest BCUT2D eigenvalue weighted by Crippen LogP contribution is 2.41. The van der Waals surface area contributed by atoms with E-state index in [4.69, 9.17) is 22.2 Å². The van der Waals surface area contributed by atoms with E-state index in [0.717, 1.165) is 23.8 Å². The Morgan fingerprint density at radius 3 is 2.84 bits per heavy atom. The molecule has 2 heterocycles. The van der Waals surface area contributed by atoms with E-state index in [1.54, 1.807) is 23.0 Å². The number of nitrogens with zero attached hydrogens (tertiary/aromatic N) is 3. The van der Waals surface area contributed by atoms with E-state index < -0.39 is 5.92 Å². The van der Waals surface area contributed by atoms with Gasteiger partial charge in [0.1, 0.15) is 11.4 Å². The number of hydrogen-bond donors (Lipinski definition) is 2. The van der Waals surface area contributed by atoms with Gasteiger partial charge >= 0.3 is 0 Å². The highest BCUT2D eigenvalue weighted by atomic mass is 79.9. The van der Waals surface area contributed by atoms with E-state index in [1.165, 1.54) is 19.0 Å². The fourth-order valence-electron chi connectivity index (χ4n) is 3.77. The van der Waals surface area contributed by atoms with Gasteiger partial charge in [0.2, 0.25) is 5.88 Å². The summed E-state index contributed by atoms with van der Waals surface area (Å²) in [7, 11) is 1.78. The van der Waals surface area contributed by atoms with Crippen LogP contribution in [0.25, 0.3) is 0 Å². The Kier molecular flexibility index (Phi) is 6.69. The number of likely N-dealkylation sites (tertiary alicyclic amines) is 1. The zero-order valence-electron chi connectivity index (χ0n) is 17.3. The van der Waals surface area contributed by atoms with Crippen LogP contribution in [0.1, 0.15) is 24.8 Å². The average molecular weight is 518 g/mol. The van der Waals surface area contributed by atoms with Crippen molar-refractivity contribution < 1.29 is 18.8 Å². The van der Waals surface area contributed by atoms with Gasteiger partial charge in [0.15, 0.2) is 5.69 Å². The fourth-order valence-corrected chi connectivity index (χ4v) is 4.67. The number of alkyl halides is 2. The third kappa shape index (κ3) is 5.64. The molecular weight excluding hydrogens is 492 g/mol. The maximum atomic E-state index is 13.6. The number of rotatable bonds is 8. The molecule has 4 rings (SSSR count). The van der Waals surface area contributed by atoms with Crippen molar-refractivity contribution >= 4 is 38.9 Å². The van der Waals surface area contributed by atoms with Crippen LogP contribution >= 0.6 is 27.5 Å². The first-order valence-electron chi connectivity index (χ1n) is 10.3. The summed E-state index contributed by atoms with van der Waals surface area (Å²) in [5.41, 5.74) is 2.50. The Bertz CT molecular complexity index is 958. The van der Waals surface area contributed by atoms with Crippen LogP contribution in [0.5, 0.6) is 11.6 Å². The molecule has 1 aliphatic heterocycles. The van der Waals surface area contributed by atoms with Gasteiger partial charge in [-0.25, -0.2) is 19.6 Å². The standard InChI is InChI=1S/C21H25BrClF2N5O/c1-29(26)19-16(27-9-13-2-3-13)4-5-17(18(19)22)31-20-14(8-15(23)10-28-20)11-30-7-6-21(24,25)12-30/h4-5,8,10,13,27H,2-3,6-7,9,11-12,26H2,1H3/p+1. The molecule has 1 aromatic carbocycles. The summed E-state index contributed by atoms with van der Waals surface area (Å²) in [6.07, 6.45) is 3.90. The van der Waals surface area contributed by atoms with Gasteiger partial charge < -0.3 is 15.1 Å².